The van der Waals surface area contributed by atoms with Gasteiger partial charge in [0.15, 0.2) is 0 Å². The Kier molecular flexibility index (Phi) is 55.4. The SMILES string of the molecule is CC(=N)CC[C@@H]1CN(C)C(=O)O1.CCCCC(=O)CC[C@@H]1CN(C)C(=O)O1.CCCCC[C@@H]1CN(C)C(=O)O1.CC[C@@H]1CN(C)C(=O)O1.CC[C@@H]1CN(C)C(=O)O1.CC[C@H]1CN(C)C(=O)O1.CN1CCCC1=NC#N.CN1CCCC1=O.CN1CCCCC1=O.CN1CCNC1=O.CN1CCOC1=O.CN1C[C@H](CCC(=N)N)OC1=O.C[C@@H]1CN(C)C(=O)O1. The third kappa shape index (κ3) is 47.3. The fourth-order valence-electron chi connectivity index (χ4n) is 12.4. The van der Waals surface area contributed by atoms with Gasteiger partial charge in [0.25, 0.3) is 0 Å². The first-order valence-electron chi connectivity index (χ1n) is 43.3. The monoisotopic (exact) mass is 1760 g/mol. The molecule has 13 heterocycles. The highest BCUT2D eigenvalue weighted by Crippen LogP contribution is 2.20. The van der Waals surface area contributed by atoms with E-state index in [1.807, 2.05) is 53.7 Å². The van der Waals surface area contributed by atoms with Gasteiger partial charge in [-0.1, -0.05) is 53.9 Å². The normalized spacial score (nSPS) is 23.2. The molecule has 0 aromatic rings. The van der Waals surface area contributed by atoms with Gasteiger partial charge in [0.2, 0.25) is 18.0 Å². The molecule has 708 valence electrons. The molecule has 13 rings (SSSR count). The van der Waals surface area contributed by atoms with Gasteiger partial charge < -0.3 is 123 Å². The lowest BCUT2D eigenvalue weighted by atomic mass is 10.1. The lowest BCUT2D eigenvalue weighted by Gasteiger charge is -2.21. The highest BCUT2D eigenvalue weighted by atomic mass is 16.6. The van der Waals surface area contributed by atoms with Crippen LogP contribution in [-0.4, -0.2) is 398 Å². The van der Waals surface area contributed by atoms with Crippen LogP contribution in [0.15, 0.2) is 4.99 Å². The summed E-state index contributed by atoms with van der Waals surface area (Å²) in [5, 5.41) is 25.0. The Hall–Kier alpha value is -10.6. The van der Waals surface area contributed by atoms with E-state index in [1.165, 1.54) is 30.6 Å². The molecular weight excluding hydrogens is 1620 g/mol. The molecule has 0 aromatic carbocycles. The van der Waals surface area contributed by atoms with E-state index in [-0.39, 0.29) is 121 Å². The first-order chi connectivity index (χ1) is 58.5. The first kappa shape index (κ1) is 111. The topological polar surface area (TPSA) is 469 Å². The van der Waals surface area contributed by atoms with Crippen LogP contribution in [-0.2, 0) is 57.0 Å². The minimum Gasteiger partial charge on any atom is -0.448 e. The third-order valence-corrected chi connectivity index (χ3v) is 20.6. The number of unbranched alkanes of at least 4 members (excludes halogenated alkanes) is 3. The molecule has 0 aromatic heterocycles. The van der Waals surface area contributed by atoms with Crippen LogP contribution in [0, 0.1) is 22.3 Å². The second-order valence-corrected chi connectivity index (χ2v) is 32.1. The number of likely N-dealkylation sites (N-methyl/N-ethyl adjacent to an activating group) is 10. The Morgan fingerprint density at radius 1 is 0.403 bits per heavy atom. The lowest BCUT2D eigenvalue weighted by molar-refractivity contribution is -0.131. The van der Waals surface area contributed by atoms with Crippen LogP contribution >= 0.6 is 0 Å². The molecule has 13 aliphatic heterocycles. The van der Waals surface area contributed by atoms with Gasteiger partial charge in [-0.05, 0) is 104 Å². The van der Waals surface area contributed by atoms with E-state index in [2.05, 4.69) is 28.9 Å². The standard InChI is InChI=1S/C11H19NO3.C9H17NO2.C8H14N2O2.C7H13N3O2.C6H9N3.3C6H11NO2.C6H11NO.C5H9NO2.C5H9NO.C4H8N2O.C4H7NO2/c1-3-4-5-9(13)6-7-10-8-12(2)11(14)15-10;1-3-4-5-6-8-7-10(2)9(11)12-8;1-6(9)3-4-7-5-10(2)8(11)12-7;1-10-4-5(12-7(10)11)2-3-6(8)9;1-9-4-2-3-6(9)8-5-7;3*1-3-5-4-7(2)6(8)9-5;1-7-5-3-2-4-6(7)8;1-4-3-6(2)5(7)8-4;1-6-4-2-3-5(6)7;1-6-3-2-5-4(6)7;1-5-2-3-7-4(5)6/h10H,3-8H2,1-2H3;8H,3-7H2,1-2H3;7,9H,3-5H2,1-2H3;5H,2-4H2,1H3,(H3,8,9);2-4H2,1H3;3*5H,3-4H2,1-2H3;2-5H2,1H3;4H,3H2,1-2H3;2-4H2,1H3;2-3H2,1H3,(H,5,7);2-3H2,1H3/t10-;8-;7-;5-;;3*5-;;4-;;;/m1110.110.1.../s1. The number of urea groups is 1. The zero-order chi connectivity index (χ0) is 93.7. The molecule has 13 amide bonds. The number of Topliss-reactive ketones (excluding diaryl/α,β-unsaturated/α-hetero) is 1. The molecular formula is C83H149N19O22. The summed E-state index contributed by atoms with van der Waals surface area (Å²) in [5.41, 5.74) is 5.81. The van der Waals surface area contributed by atoms with Gasteiger partial charge in [0.1, 0.15) is 67.1 Å². The number of nitrogens with one attached hydrogen (secondary N) is 3. The minimum atomic E-state index is -0.288. The predicted octanol–water partition coefficient (Wildman–Crippen LogP) is 9.57. The molecule has 8 atom stereocenters. The number of hydrogen-bond donors (Lipinski definition) is 4. The smallest absolute Gasteiger partial charge is 0.409 e. The maximum atomic E-state index is 11.4. The highest BCUT2D eigenvalue weighted by molar-refractivity contribution is 5.84. The van der Waals surface area contributed by atoms with Crippen molar-refractivity contribution in [1.82, 2.24) is 69.0 Å². The van der Waals surface area contributed by atoms with Crippen molar-refractivity contribution < 1.29 is 105 Å². The molecule has 41 heteroatoms. The van der Waals surface area contributed by atoms with Crippen molar-refractivity contribution in [2.45, 2.75) is 245 Å². The molecule has 0 unspecified atom stereocenters. The number of ether oxygens (including phenoxy) is 9. The van der Waals surface area contributed by atoms with Crippen molar-refractivity contribution in [2.75, 3.05) is 190 Å². The van der Waals surface area contributed by atoms with E-state index < -0.39 is 0 Å². The van der Waals surface area contributed by atoms with E-state index in [4.69, 9.17) is 59.7 Å². The van der Waals surface area contributed by atoms with Crippen LogP contribution in [0.4, 0.5) is 47.9 Å². The van der Waals surface area contributed by atoms with Crippen molar-refractivity contribution in [1.29, 1.82) is 16.1 Å². The molecule has 13 saturated heterocycles. The van der Waals surface area contributed by atoms with Gasteiger partial charge in [-0.25, -0.2) is 47.9 Å². The molecule has 0 spiro atoms. The van der Waals surface area contributed by atoms with E-state index in [0.717, 1.165) is 161 Å². The summed E-state index contributed by atoms with van der Waals surface area (Å²) >= 11 is 0. The van der Waals surface area contributed by atoms with Crippen molar-refractivity contribution in [3.63, 3.8) is 0 Å². The molecule has 41 nitrogen and oxygen atoms in total. The fraction of sp³-hybridized carbons (Fsp3) is 0.795. The summed E-state index contributed by atoms with van der Waals surface area (Å²) in [6.45, 7) is 25.4. The third-order valence-electron chi connectivity index (χ3n) is 20.6. The summed E-state index contributed by atoms with van der Waals surface area (Å²) in [5.74, 6) is 1.94. The number of nitrogens with two attached hydrogens (primary N) is 1. The van der Waals surface area contributed by atoms with Crippen molar-refractivity contribution in [3.8, 4) is 6.19 Å². The molecule has 13 fully saturated rings. The zero-order valence-electron chi connectivity index (χ0n) is 77.8. The van der Waals surface area contributed by atoms with Crippen LogP contribution in [0.2, 0.25) is 0 Å². The Balaban J connectivity index is 0.000000675. The van der Waals surface area contributed by atoms with Crippen molar-refractivity contribution in [3.05, 3.63) is 0 Å². The van der Waals surface area contributed by atoms with E-state index >= 15 is 0 Å². The van der Waals surface area contributed by atoms with Crippen molar-refractivity contribution >= 4 is 95.9 Å². The second-order valence-electron chi connectivity index (χ2n) is 32.1. The number of nitriles is 1. The number of amidine groups is 2. The van der Waals surface area contributed by atoms with Crippen LogP contribution in [0.3, 0.4) is 0 Å². The quantitative estimate of drug-likeness (QED) is 0.0307. The van der Waals surface area contributed by atoms with E-state index in [9.17, 15) is 62.3 Å². The average molecular weight is 1770 g/mol. The van der Waals surface area contributed by atoms with E-state index in [1.54, 1.807) is 137 Å². The van der Waals surface area contributed by atoms with E-state index in [0.29, 0.717) is 82.3 Å². The molecule has 0 saturated carbocycles. The number of cyclic esters (lactones) is 9. The summed E-state index contributed by atoms with van der Waals surface area (Å²) in [7, 11) is 23.0. The largest absolute Gasteiger partial charge is 0.448 e. The Morgan fingerprint density at radius 2 is 0.766 bits per heavy atom. The van der Waals surface area contributed by atoms with Gasteiger partial charge in [-0.3, -0.25) is 19.8 Å². The molecule has 124 heavy (non-hydrogen) atoms. The number of piperidine rings is 1. The number of likely N-dealkylation sites (tertiary alicyclic amines) is 3. The van der Waals surface area contributed by atoms with Crippen LogP contribution < -0.4 is 11.1 Å². The first-order valence-corrected chi connectivity index (χ1v) is 43.3. The Bertz CT molecular complexity index is 3230. The average Bonchev–Trinajstić information content (AvgIpc) is 1.75. The number of aliphatic imine (C=N–C) groups is 1. The van der Waals surface area contributed by atoms with Gasteiger partial charge in [-0.2, -0.15) is 10.3 Å². The van der Waals surface area contributed by atoms with Crippen molar-refractivity contribution in [2.24, 2.45) is 10.7 Å². The number of ketones is 1. The second kappa shape index (κ2) is 61.7. The number of nitrogens with zero attached hydrogens (tertiary/aromatic N) is 15. The number of carbonyl (C=O) groups excluding carboxylic acids is 13. The van der Waals surface area contributed by atoms with Crippen LogP contribution in [0.5, 0.6) is 0 Å². The molecule has 0 radical (unpaired) electrons. The highest BCUT2D eigenvalue weighted by Gasteiger charge is 2.33. The Morgan fingerprint density at radius 3 is 0.992 bits per heavy atom. The maximum Gasteiger partial charge on any atom is 0.409 e. The summed E-state index contributed by atoms with van der Waals surface area (Å²) < 4.78 is 44.2. The van der Waals surface area contributed by atoms with Gasteiger partial charge in [0, 0.05) is 169 Å². The Labute approximate surface area is 734 Å². The van der Waals surface area contributed by atoms with Crippen LogP contribution in [0.25, 0.3) is 0 Å². The molecule has 5 N–H and O–H groups in total. The summed E-state index contributed by atoms with van der Waals surface area (Å²) in [6.07, 6.45) is 21.0. The maximum absolute atomic E-state index is 11.4. The van der Waals surface area contributed by atoms with Crippen LogP contribution in [0.1, 0.15) is 196 Å². The predicted molar refractivity (Wildman–Crippen MR) is 465 cm³/mol. The molecule has 0 aliphatic carbocycles. The molecule has 0 bridgehead atoms. The number of rotatable bonds is 19. The fourth-order valence-corrected chi connectivity index (χ4v) is 12.4. The van der Waals surface area contributed by atoms with Gasteiger partial charge in [-0.15, -0.1) is 0 Å². The zero-order valence-corrected chi connectivity index (χ0v) is 77.8. The number of hydrogen-bond acceptors (Lipinski definition) is 26. The summed E-state index contributed by atoms with van der Waals surface area (Å²) in [6, 6.07) is 0.0417. The summed E-state index contributed by atoms with van der Waals surface area (Å²) in [4.78, 5) is 164. The number of amides is 13. The minimum absolute atomic E-state index is 0.0113. The van der Waals surface area contributed by atoms with Gasteiger partial charge in [0.05, 0.1) is 64.7 Å². The lowest BCUT2D eigenvalue weighted by Crippen LogP contribution is -2.31. The van der Waals surface area contributed by atoms with Gasteiger partial charge >= 0.3 is 60.9 Å². The molecule has 13 aliphatic rings. The number of carbonyl (C=O) groups is 13.